The molecule has 0 spiro atoms. The minimum absolute atomic E-state index is 0.0232. The summed E-state index contributed by atoms with van der Waals surface area (Å²) >= 11 is 0. The standard InChI is InChI=1S/C31H28FN7O3/c1-16-11-12-34-31(37-16)42-23-10-8-19(13-21(23)32)25-26-28(33)35-15-36-29(26)39(3)27(25)20-7-9-22(24(14-20)41-4)38-30(40)17(2)18-5-6-18/h7-15,18H,2,5-6H2,1,3-4H3,(H,38,40)(H2,33,35,36). The minimum atomic E-state index is -0.609. The molecule has 0 aliphatic heterocycles. The number of amides is 1. The van der Waals surface area contributed by atoms with Gasteiger partial charge >= 0.3 is 6.01 Å². The van der Waals surface area contributed by atoms with E-state index in [2.05, 4.69) is 31.8 Å². The second kappa shape index (κ2) is 10.6. The fourth-order valence-electron chi connectivity index (χ4n) is 4.97. The Labute approximate surface area is 241 Å². The Hall–Kier alpha value is -5.32. The van der Waals surface area contributed by atoms with Crippen LogP contribution in [0.25, 0.3) is 33.4 Å². The molecule has 1 amide bonds. The largest absolute Gasteiger partial charge is 0.495 e. The summed E-state index contributed by atoms with van der Waals surface area (Å²) in [6.45, 7) is 5.73. The number of hydrogen-bond donors (Lipinski definition) is 2. The van der Waals surface area contributed by atoms with Crippen molar-refractivity contribution in [2.24, 2.45) is 13.0 Å². The molecule has 3 aromatic heterocycles. The second-order valence-corrected chi connectivity index (χ2v) is 10.1. The lowest BCUT2D eigenvalue weighted by atomic mass is 9.98. The lowest BCUT2D eigenvalue weighted by Crippen LogP contribution is -2.15. The van der Waals surface area contributed by atoms with Gasteiger partial charge in [-0.15, -0.1) is 0 Å². The van der Waals surface area contributed by atoms with Crippen LogP contribution in [0.2, 0.25) is 0 Å². The highest BCUT2D eigenvalue weighted by molar-refractivity contribution is 6.08. The van der Waals surface area contributed by atoms with Crippen molar-refractivity contribution >= 4 is 28.4 Å². The Morgan fingerprint density at radius 2 is 1.88 bits per heavy atom. The van der Waals surface area contributed by atoms with E-state index in [9.17, 15) is 4.79 Å². The average molecular weight is 566 g/mol. The molecule has 1 fully saturated rings. The predicted octanol–water partition coefficient (Wildman–Crippen LogP) is 5.83. The van der Waals surface area contributed by atoms with Gasteiger partial charge in [0, 0.05) is 35.6 Å². The first kappa shape index (κ1) is 26.9. The number of methoxy groups -OCH3 is 1. The zero-order valence-electron chi connectivity index (χ0n) is 23.3. The first-order valence-corrected chi connectivity index (χ1v) is 13.3. The van der Waals surface area contributed by atoms with E-state index in [4.69, 9.17) is 15.2 Å². The molecule has 6 rings (SSSR count). The SMILES string of the molecule is C=C(C(=O)Nc1ccc(-c2c(-c3ccc(Oc4nccc(C)n4)c(F)c3)c3c(N)ncnc3n2C)cc1OC)C1CC1. The molecule has 0 radical (unpaired) electrons. The third-order valence-electron chi connectivity index (χ3n) is 7.28. The molecule has 212 valence electrons. The lowest BCUT2D eigenvalue weighted by molar-refractivity contribution is -0.113. The number of nitrogens with zero attached hydrogens (tertiary/aromatic N) is 5. The van der Waals surface area contributed by atoms with Gasteiger partial charge in [0.05, 0.1) is 23.9 Å². The van der Waals surface area contributed by atoms with Gasteiger partial charge in [0.15, 0.2) is 11.6 Å². The van der Waals surface area contributed by atoms with Crippen molar-refractivity contribution in [2.75, 3.05) is 18.2 Å². The average Bonchev–Trinajstić information content (AvgIpc) is 3.78. The molecule has 1 aliphatic carbocycles. The van der Waals surface area contributed by atoms with E-state index in [-0.39, 0.29) is 29.4 Å². The van der Waals surface area contributed by atoms with E-state index in [1.807, 2.05) is 17.7 Å². The van der Waals surface area contributed by atoms with Crippen LogP contribution >= 0.6 is 0 Å². The monoisotopic (exact) mass is 565 g/mol. The number of carbonyl (C=O) groups is 1. The molecular formula is C31H28FN7O3. The lowest BCUT2D eigenvalue weighted by Gasteiger charge is -2.15. The van der Waals surface area contributed by atoms with Crippen LogP contribution < -0.4 is 20.5 Å². The van der Waals surface area contributed by atoms with Crippen LogP contribution in [0.4, 0.5) is 15.9 Å². The molecule has 11 heteroatoms. The van der Waals surface area contributed by atoms with Gasteiger partial charge in [-0.25, -0.2) is 24.3 Å². The molecule has 0 bridgehead atoms. The van der Waals surface area contributed by atoms with Crippen molar-refractivity contribution in [1.82, 2.24) is 24.5 Å². The van der Waals surface area contributed by atoms with Gasteiger partial charge in [-0.2, -0.15) is 0 Å². The van der Waals surface area contributed by atoms with Crippen LogP contribution in [0.5, 0.6) is 17.5 Å². The Morgan fingerprint density at radius 3 is 2.60 bits per heavy atom. The number of hydrogen-bond acceptors (Lipinski definition) is 8. The summed E-state index contributed by atoms with van der Waals surface area (Å²) in [6, 6.07) is 11.8. The molecule has 3 N–H and O–H groups in total. The Balaban J connectivity index is 1.44. The van der Waals surface area contributed by atoms with E-state index in [1.54, 1.807) is 37.4 Å². The predicted molar refractivity (Wildman–Crippen MR) is 158 cm³/mol. The highest BCUT2D eigenvalue weighted by Crippen LogP contribution is 2.44. The number of ether oxygens (including phenoxy) is 2. The molecule has 1 aliphatic rings. The quantitative estimate of drug-likeness (QED) is 0.225. The van der Waals surface area contributed by atoms with Crippen LogP contribution in [-0.2, 0) is 11.8 Å². The van der Waals surface area contributed by atoms with Gasteiger partial charge in [0.2, 0.25) is 0 Å². The van der Waals surface area contributed by atoms with Gasteiger partial charge in [-0.1, -0.05) is 18.7 Å². The van der Waals surface area contributed by atoms with Crippen molar-refractivity contribution in [1.29, 1.82) is 0 Å². The Morgan fingerprint density at radius 1 is 1.10 bits per heavy atom. The van der Waals surface area contributed by atoms with Crippen LogP contribution in [-0.4, -0.2) is 37.5 Å². The third kappa shape index (κ3) is 4.89. The molecular weight excluding hydrogens is 537 g/mol. The van der Waals surface area contributed by atoms with Crippen LogP contribution in [0.3, 0.4) is 0 Å². The van der Waals surface area contributed by atoms with E-state index in [0.29, 0.717) is 50.6 Å². The van der Waals surface area contributed by atoms with Gasteiger partial charge in [-0.3, -0.25) is 4.79 Å². The number of anilines is 2. The highest BCUT2D eigenvalue weighted by atomic mass is 19.1. The van der Waals surface area contributed by atoms with E-state index >= 15 is 4.39 Å². The fraction of sp³-hybridized carbons (Fsp3) is 0.194. The molecule has 10 nitrogen and oxygen atoms in total. The third-order valence-corrected chi connectivity index (χ3v) is 7.28. The number of rotatable bonds is 8. The van der Waals surface area contributed by atoms with Crippen molar-refractivity contribution in [3.8, 4) is 39.9 Å². The van der Waals surface area contributed by atoms with Gasteiger partial charge in [0.1, 0.15) is 23.5 Å². The number of benzene rings is 2. The maximum atomic E-state index is 15.5. The van der Waals surface area contributed by atoms with E-state index < -0.39 is 5.82 Å². The zero-order chi connectivity index (χ0) is 29.5. The maximum Gasteiger partial charge on any atom is 0.322 e. The van der Waals surface area contributed by atoms with Gasteiger partial charge < -0.3 is 25.1 Å². The Bertz CT molecular complexity index is 1880. The summed E-state index contributed by atoms with van der Waals surface area (Å²) in [6.07, 6.45) is 4.89. The van der Waals surface area contributed by atoms with Crippen LogP contribution in [0, 0.1) is 18.7 Å². The molecule has 0 atom stereocenters. The summed E-state index contributed by atoms with van der Waals surface area (Å²) in [5.41, 5.74) is 11.3. The molecule has 0 saturated heterocycles. The summed E-state index contributed by atoms with van der Waals surface area (Å²) < 4.78 is 28.6. The number of aromatic nitrogens is 5. The minimum Gasteiger partial charge on any atom is -0.495 e. The van der Waals surface area contributed by atoms with Crippen LogP contribution in [0.15, 0.2) is 67.1 Å². The maximum absolute atomic E-state index is 15.5. The van der Waals surface area contributed by atoms with Gasteiger partial charge in [0.25, 0.3) is 5.91 Å². The molecule has 0 unspecified atom stereocenters. The molecule has 2 aromatic carbocycles. The number of nitrogens with one attached hydrogen (secondary N) is 1. The first-order valence-electron chi connectivity index (χ1n) is 13.3. The first-order chi connectivity index (χ1) is 20.2. The van der Waals surface area contributed by atoms with Crippen LogP contribution in [0.1, 0.15) is 18.5 Å². The zero-order valence-corrected chi connectivity index (χ0v) is 23.3. The summed E-state index contributed by atoms with van der Waals surface area (Å²) in [5.74, 6) is 0.0767. The Kier molecular flexibility index (Phi) is 6.77. The van der Waals surface area contributed by atoms with Gasteiger partial charge in [-0.05, 0) is 61.6 Å². The highest BCUT2D eigenvalue weighted by Gasteiger charge is 2.29. The smallest absolute Gasteiger partial charge is 0.322 e. The number of halogens is 1. The number of nitrogens with two attached hydrogens (primary N) is 1. The number of aryl methyl sites for hydroxylation is 2. The number of carbonyl (C=O) groups excluding carboxylic acids is 1. The number of nitrogen functional groups attached to an aromatic ring is 1. The van der Waals surface area contributed by atoms with Crippen molar-refractivity contribution in [3.05, 3.63) is 78.7 Å². The van der Waals surface area contributed by atoms with Crippen molar-refractivity contribution < 1.29 is 18.7 Å². The number of fused-ring (bicyclic) bond motifs is 1. The normalized spacial score (nSPS) is 12.8. The topological polar surface area (TPSA) is 130 Å². The summed E-state index contributed by atoms with van der Waals surface area (Å²) in [4.78, 5) is 29.6. The van der Waals surface area contributed by atoms with E-state index in [1.165, 1.54) is 25.6 Å². The fourth-order valence-corrected chi connectivity index (χ4v) is 4.97. The van der Waals surface area contributed by atoms with E-state index in [0.717, 1.165) is 18.4 Å². The second-order valence-electron chi connectivity index (χ2n) is 10.1. The molecule has 42 heavy (non-hydrogen) atoms. The van der Waals surface area contributed by atoms with Crippen molar-refractivity contribution in [3.63, 3.8) is 0 Å². The summed E-state index contributed by atoms with van der Waals surface area (Å²) in [5, 5.41) is 3.48. The van der Waals surface area contributed by atoms with Crippen molar-refractivity contribution in [2.45, 2.75) is 19.8 Å². The molecule has 1 saturated carbocycles. The molecule has 5 aromatic rings. The molecule has 3 heterocycles. The summed E-state index contributed by atoms with van der Waals surface area (Å²) in [7, 11) is 3.38.